The predicted octanol–water partition coefficient (Wildman–Crippen LogP) is 3.95. The Morgan fingerprint density at radius 1 is 1.45 bits per heavy atom. The van der Waals surface area contributed by atoms with Crippen LogP contribution in [0.2, 0.25) is 5.02 Å². The van der Waals surface area contributed by atoms with Crippen molar-refractivity contribution >= 4 is 23.2 Å². The van der Waals surface area contributed by atoms with Gasteiger partial charge in [0.05, 0.1) is 15.5 Å². The van der Waals surface area contributed by atoms with E-state index in [1.807, 2.05) is 6.92 Å². The van der Waals surface area contributed by atoms with Crippen LogP contribution in [-0.2, 0) is 0 Å². The van der Waals surface area contributed by atoms with E-state index in [1.54, 1.807) is 0 Å². The zero-order valence-electron chi connectivity index (χ0n) is 11.7. The monoisotopic (exact) mass is 298 g/mol. The number of hydrogen-bond donors (Lipinski definition) is 1. The molecule has 0 aromatic heterocycles. The summed E-state index contributed by atoms with van der Waals surface area (Å²) in [5.41, 5.74) is 0.141. The number of rotatable bonds is 7. The van der Waals surface area contributed by atoms with Crippen LogP contribution in [0, 0.1) is 10.1 Å². The first-order valence-corrected chi connectivity index (χ1v) is 7.08. The molecule has 0 saturated carbocycles. The average Bonchev–Trinajstić information content (AvgIpc) is 2.38. The Labute approximate surface area is 123 Å². The lowest BCUT2D eigenvalue weighted by molar-refractivity contribution is -0.384. The first kappa shape index (κ1) is 16.4. The molecule has 1 rings (SSSR count). The van der Waals surface area contributed by atoms with Gasteiger partial charge in [0.15, 0.2) is 0 Å². The van der Waals surface area contributed by atoms with Crippen LogP contribution in [0.25, 0.3) is 0 Å². The molecule has 0 aliphatic heterocycles. The maximum Gasteiger partial charge on any atom is 0.270 e. The lowest BCUT2D eigenvalue weighted by Crippen LogP contribution is -2.32. The molecule has 1 atom stereocenters. The number of unbranched alkanes of at least 4 members (excludes halogenated alkanes) is 2. The zero-order valence-corrected chi connectivity index (χ0v) is 12.4. The smallest absolute Gasteiger partial charge is 0.270 e. The van der Waals surface area contributed by atoms with Gasteiger partial charge < -0.3 is 5.32 Å². The first-order valence-electron chi connectivity index (χ1n) is 6.70. The van der Waals surface area contributed by atoms with Gasteiger partial charge in [-0.25, -0.2) is 0 Å². The topological polar surface area (TPSA) is 72.2 Å². The number of amides is 1. The van der Waals surface area contributed by atoms with Crippen LogP contribution >= 0.6 is 11.6 Å². The van der Waals surface area contributed by atoms with Gasteiger partial charge in [0.25, 0.3) is 11.6 Å². The van der Waals surface area contributed by atoms with Crippen molar-refractivity contribution in [2.75, 3.05) is 0 Å². The number of hydrogen-bond acceptors (Lipinski definition) is 3. The van der Waals surface area contributed by atoms with Crippen molar-refractivity contribution in [2.45, 2.75) is 45.6 Å². The fourth-order valence-electron chi connectivity index (χ4n) is 1.88. The maximum absolute atomic E-state index is 12.0. The van der Waals surface area contributed by atoms with Crippen molar-refractivity contribution in [1.82, 2.24) is 5.32 Å². The lowest BCUT2D eigenvalue weighted by Gasteiger charge is -2.14. The molecule has 0 unspecified atom stereocenters. The summed E-state index contributed by atoms with van der Waals surface area (Å²) < 4.78 is 0. The highest BCUT2D eigenvalue weighted by molar-refractivity contribution is 6.34. The van der Waals surface area contributed by atoms with Gasteiger partial charge in [0, 0.05) is 18.2 Å². The molecule has 1 amide bonds. The minimum absolute atomic E-state index is 0.0558. The molecule has 20 heavy (non-hydrogen) atoms. The number of non-ortho nitro benzene ring substituents is 1. The number of nitrogens with zero attached hydrogens (tertiary/aromatic N) is 1. The summed E-state index contributed by atoms with van der Waals surface area (Å²) in [5, 5.41) is 13.6. The molecule has 1 aromatic rings. The molecule has 0 saturated heterocycles. The number of carbonyl (C=O) groups is 1. The molecule has 5 nitrogen and oxygen atoms in total. The van der Waals surface area contributed by atoms with Gasteiger partial charge in [-0.15, -0.1) is 0 Å². The van der Waals surface area contributed by atoms with Gasteiger partial charge in [-0.3, -0.25) is 14.9 Å². The second kappa shape index (κ2) is 7.85. The van der Waals surface area contributed by atoms with E-state index >= 15 is 0 Å². The molecule has 1 N–H and O–H groups in total. The van der Waals surface area contributed by atoms with Crippen molar-refractivity contribution in [3.05, 3.63) is 38.9 Å². The number of nitro groups is 1. The number of nitrogens with one attached hydrogen (secondary N) is 1. The third-order valence-electron chi connectivity index (χ3n) is 3.03. The van der Waals surface area contributed by atoms with E-state index < -0.39 is 4.92 Å². The molecule has 0 radical (unpaired) electrons. The second-order valence-electron chi connectivity index (χ2n) is 4.79. The van der Waals surface area contributed by atoms with Gasteiger partial charge in [0.2, 0.25) is 0 Å². The van der Waals surface area contributed by atoms with Crippen LogP contribution in [-0.4, -0.2) is 16.9 Å². The quantitative estimate of drug-likeness (QED) is 0.470. The Balaban J connectivity index is 2.65. The number of benzene rings is 1. The summed E-state index contributed by atoms with van der Waals surface area (Å²) in [7, 11) is 0. The molecule has 1 aromatic carbocycles. The highest BCUT2D eigenvalue weighted by Crippen LogP contribution is 2.22. The van der Waals surface area contributed by atoms with Crippen molar-refractivity contribution in [2.24, 2.45) is 0 Å². The maximum atomic E-state index is 12.0. The molecule has 0 fully saturated rings. The van der Waals surface area contributed by atoms with E-state index in [1.165, 1.54) is 18.2 Å². The minimum Gasteiger partial charge on any atom is -0.350 e. The van der Waals surface area contributed by atoms with Crippen LogP contribution in [0.15, 0.2) is 18.2 Å². The Morgan fingerprint density at radius 3 is 2.70 bits per heavy atom. The Morgan fingerprint density at radius 2 is 2.15 bits per heavy atom. The fraction of sp³-hybridized carbons (Fsp3) is 0.500. The highest BCUT2D eigenvalue weighted by atomic mass is 35.5. The van der Waals surface area contributed by atoms with Gasteiger partial charge in [-0.1, -0.05) is 37.8 Å². The van der Waals surface area contributed by atoms with E-state index in [4.69, 9.17) is 11.6 Å². The molecule has 110 valence electrons. The van der Waals surface area contributed by atoms with Crippen molar-refractivity contribution in [3.63, 3.8) is 0 Å². The second-order valence-corrected chi connectivity index (χ2v) is 5.20. The van der Waals surface area contributed by atoms with Gasteiger partial charge >= 0.3 is 0 Å². The molecule has 0 bridgehead atoms. The molecule has 0 heterocycles. The van der Waals surface area contributed by atoms with Crippen LogP contribution in [0.5, 0.6) is 0 Å². The summed E-state index contributed by atoms with van der Waals surface area (Å²) in [6, 6.07) is 3.91. The minimum atomic E-state index is -0.541. The third kappa shape index (κ3) is 4.81. The Hall–Kier alpha value is -1.62. The summed E-state index contributed by atoms with van der Waals surface area (Å²) in [5.74, 6) is -0.297. The number of halogens is 1. The Bertz CT molecular complexity index is 491. The van der Waals surface area contributed by atoms with Crippen LogP contribution in [0.4, 0.5) is 5.69 Å². The summed E-state index contributed by atoms with van der Waals surface area (Å²) in [6.07, 6.45) is 4.24. The Kier molecular flexibility index (Phi) is 6.45. The van der Waals surface area contributed by atoms with Crippen molar-refractivity contribution in [1.29, 1.82) is 0 Å². The largest absolute Gasteiger partial charge is 0.350 e. The van der Waals surface area contributed by atoms with Gasteiger partial charge in [-0.2, -0.15) is 0 Å². The highest BCUT2D eigenvalue weighted by Gasteiger charge is 2.16. The van der Waals surface area contributed by atoms with E-state index in [0.717, 1.165) is 25.7 Å². The standard InChI is InChI=1S/C14H19ClN2O3/c1-3-4-5-6-10(2)16-14(18)12-8-7-11(17(19)20)9-13(12)15/h7-10H,3-6H2,1-2H3,(H,16,18)/t10-/m1/s1. The fourth-order valence-corrected chi connectivity index (χ4v) is 2.14. The normalized spacial score (nSPS) is 11.9. The average molecular weight is 299 g/mol. The van der Waals surface area contributed by atoms with Crippen LogP contribution in [0.1, 0.15) is 49.9 Å². The van der Waals surface area contributed by atoms with E-state index in [2.05, 4.69) is 12.2 Å². The third-order valence-corrected chi connectivity index (χ3v) is 3.34. The van der Waals surface area contributed by atoms with Gasteiger partial charge in [-0.05, 0) is 19.4 Å². The van der Waals surface area contributed by atoms with Crippen molar-refractivity contribution in [3.8, 4) is 0 Å². The van der Waals surface area contributed by atoms with E-state index in [9.17, 15) is 14.9 Å². The van der Waals surface area contributed by atoms with E-state index in [0.29, 0.717) is 0 Å². The molecule has 0 aliphatic carbocycles. The van der Waals surface area contributed by atoms with E-state index in [-0.39, 0.29) is 28.2 Å². The van der Waals surface area contributed by atoms with Gasteiger partial charge in [0.1, 0.15) is 0 Å². The summed E-state index contributed by atoms with van der Waals surface area (Å²) >= 11 is 5.91. The molecule has 0 spiro atoms. The summed E-state index contributed by atoms with van der Waals surface area (Å²) in [6.45, 7) is 4.06. The molecule has 6 heteroatoms. The number of nitro benzene ring substituents is 1. The first-order chi connectivity index (χ1) is 9.45. The van der Waals surface area contributed by atoms with Crippen LogP contribution < -0.4 is 5.32 Å². The summed E-state index contributed by atoms with van der Waals surface area (Å²) in [4.78, 5) is 22.1. The number of carbonyl (C=O) groups excluding carboxylic acids is 1. The molecule has 0 aliphatic rings. The zero-order chi connectivity index (χ0) is 15.1. The predicted molar refractivity (Wildman–Crippen MR) is 79.2 cm³/mol. The lowest BCUT2D eigenvalue weighted by atomic mass is 10.1. The molecular formula is C14H19ClN2O3. The molecular weight excluding hydrogens is 280 g/mol. The van der Waals surface area contributed by atoms with Crippen LogP contribution in [0.3, 0.4) is 0 Å². The SMILES string of the molecule is CCCCC[C@@H](C)NC(=O)c1ccc([N+](=O)[O-])cc1Cl. The van der Waals surface area contributed by atoms with Crippen molar-refractivity contribution < 1.29 is 9.72 Å².